The number of hydrogen-bond donors (Lipinski definition) is 0. The first kappa shape index (κ1) is 26.3. The highest BCUT2D eigenvalue weighted by Gasteiger charge is 2.36. The fourth-order valence-electron chi connectivity index (χ4n) is 4.74. The highest BCUT2D eigenvalue weighted by molar-refractivity contribution is 7.89. The van der Waals surface area contributed by atoms with Crippen LogP contribution in [0.4, 0.5) is 9.52 Å². The van der Waals surface area contributed by atoms with Crippen molar-refractivity contribution in [2.75, 3.05) is 25.1 Å². The number of fused-ring (bicyclic) bond motifs is 1. The van der Waals surface area contributed by atoms with Crippen molar-refractivity contribution in [1.29, 1.82) is 0 Å². The van der Waals surface area contributed by atoms with Crippen LogP contribution in [0.25, 0.3) is 10.2 Å². The third-order valence-electron chi connectivity index (χ3n) is 6.85. The van der Waals surface area contributed by atoms with E-state index in [4.69, 9.17) is 9.72 Å². The molecule has 0 saturated carbocycles. The average molecular weight is 554 g/mol. The van der Waals surface area contributed by atoms with Crippen LogP contribution in [-0.2, 0) is 21.4 Å². The second-order valence-electron chi connectivity index (χ2n) is 9.28. The lowest BCUT2D eigenvalue weighted by Crippen LogP contribution is -2.44. The fraction of sp³-hybridized carbons (Fsp3) is 0.286. The molecule has 0 radical (unpaired) electrons. The third kappa shape index (κ3) is 5.03. The van der Waals surface area contributed by atoms with E-state index in [0.717, 1.165) is 21.9 Å². The topological polar surface area (TPSA) is 79.8 Å². The first-order chi connectivity index (χ1) is 18.3. The maximum Gasteiger partial charge on any atom is 0.245 e. The average Bonchev–Trinajstić information content (AvgIpc) is 3.39. The molecule has 0 N–H and O–H groups in total. The number of thiazole rings is 1. The van der Waals surface area contributed by atoms with Crippen LogP contribution in [0, 0.1) is 18.7 Å². The molecular weight excluding hydrogens is 525 g/mol. The Labute approximate surface area is 225 Å². The Morgan fingerprint density at radius 1 is 1.08 bits per heavy atom. The molecule has 1 fully saturated rings. The molecule has 38 heavy (non-hydrogen) atoms. The van der Waals surface area contributed by atoms with E-state index in [1.807, 2.05) is 49.4 Å². The second-order valence-corrected chi connectivity index (χ2v) is 12.2. The van der Waals surface area contributed by atoms with Crippen molar-refractivity contribution in [1.82, 2.24) is 9.29 Å². The predicted octanol–water partition coefficient (Wildman–Crippen LogP) is 5.39. The van der Waals surface area contributed by atoms with Gasteiger partial charge < -0.3 is 4.74 Å². The second kappa shape index (κ2) is 10.8. The molecule has 198 valence electrons. The van der Waals surface area contributed by atoms with E-state index < -0.39 is 15.8 Å². The minimum absolute atomic E-state index is 0.104. The molecule has 1 aliphatic rings. The van der Waals surface area contributed by atoms with Crippen LogP contribution in [0.15, 0.2) is 71.6 Å². The minimum Gasteiger partial charge on any atom is -0.494 e. The van der Waals surface area contributed by atoms with Crippen LogP contribution in [-0.4, -0.2) is 43.8 Å². The molecule has 10 heteroatoms. The lowest BCUT2D eigenvalue weighted by atomic mass is 9.96. The summed E-state index contributed by atoms with van der Waals surface area (Å²) in [6, 6.07) is 18.9. The predicted molar refractivity (Wildman–Crippen MR) is 146 cm³/mol. The third-order valence-corrected chi connectivity index (χ3v) is 10.00. The molecule has 4 aromatic rings. The molecule has 0 spiro atoms. The number of carbonyl (C=O) groups excluding carboxylic acids is 1. The number of anilines is 1. The SMILES string of the molecule is COc1ccc(C)c2sc(N(Cc3ccccc3)C(=O)C3CCN(S(=O)(=O)c4ccccc4F)CC3)nc12. The van der Waals surface area contributed by atoms with E-state index in [1.165, 1.54) is 33.8 Å². The largest absolute Gasteiger partial charge is 0.494 e. The lowest BCUT2D eigenvalue weighted by Gasteiger charge is -2.33. The van der Waals surface area contributed by atoms with Gasteiger partial charge in [-0.05, 0) is 49.1 Å². The lowest BCUT2D eigenvalue weighted by molar-refractivity contribution is -0.123. The van der Waals surface area contributed by atoms with Crippen LogP contribution < -0.4 is 9.64 Å². The number of ether oxygens (including phenoxy) is 1. The summed E-state index contributed by atoms with van der Waals surface area (Å²) in [5, 5.41) is 0.572. The minimum atomic E-state index is -3.98. The van der Waals surface area contributed by atoms with Crippen LogP contribution in [0.5, 0.6) is 5.75 Å². The number of aryl methyl sites for hydroxylation is 1. The van der Waals surface area contributed by atoms with Gasteiger partial charge in [-0.25, -0.2) is 17.8 Å². The van der Waals surface area contributed by atoms with Crippen molar-refractivity contribution >= 4 is 42.6 Å². The molecule has 1 aromatic heterocycles. The summed E-state index contributed by atoms with van der Waals surface area (Å²) in [7, 11) is -2.39. The van der Waals surface area contributed by atoms with E-state index in [9.17, 15) is 17.6 Å². The molecule has 1 amide bonds. The van der Waals surface area contributed by atoms with Crippen molar-refractivity contribution < 1.29 is 22.3 Å². The zero-order valence-corrected chi connectivity index (χ0v) is 22.8. The van der Waals surface area contributed by atoms with E-state index in [1.54, 1.807) is 12.0 Å². The molecule has 1 saturated heterocycles. The molecule has 0 unspecified atom stereocenters. The number of benzene rings is 3. The number of methoxy groups -OCH3 is 1. The molecule has 0 aliphatic carbocycles. The Kier molecular flexibility index (Phi) is 7.47. The number of amides is 1. The van der Waals surface area contributed by atoms with Crippen LogP contribution in [0.2, 0.25) is 0 Å². The van der Waals surface area contributed by atoms with Gasteiger partial charge in [0.1, 0.15) is 22.0 Å². The Bertz CT molecular complexity index is 1570. The maximum atomic E-state index is 14.2. The Hall–Kier alpha value is -3.34. The zero-order valence-electron chi connectivity index (χ0n) is 21.1. The van der Waals surface area contributed by atoms with Crippen molar-refractivity contribution in [3.8, 4) is 5.75 Å². The van der Waals surface area contributed by atoms with Gasteiger partial charge in [-0.15, -0.1) is 0 Å². The number of aromatic nitrogens is 1. The fourth-order valence-corrected chi connectivity index (χ4v) is 7.33. The highest BCUT2D eigenvalue weighted by atomic mass is 32.2. The smallest absolute Gasteiger partial charge is 0.245 e. The summed E-state index contributed by atoms with van der Waals surface area (Å²) in [6.07, 6.45) is 0.677. The Morgan fingerprint density at radius 2 is 1.76 bits per heavy atom. The van der Waals surface area contributed by atoms with E-state index in [2.05, 4.69) is 0 Å². The van der Waals surface area contributed by atoms with E-state index in [0.29, 0.717) is 35.8 Å². The maximum absolute atomic E-state index is 14.2. The molecule has 0 bridgehead atoms. The summed E-state index contributed by atoms with van der Waals surface area (Å²) in [6.45, 7) is 2.62. The van der Waals surface area contributed by atoms with Gasteiger partial charge in [-0.2, -0.15) is 4.31 Å². The monoisotopic (exact) mass is 553 g/mol. The van der Waals surface area contributed by atoms with Gasteiger partial charge in [-0.1, -0.05) is 59.9 Å². The van der Waals surface area contributed by atoms with E-state index in [-0.39, 0.29) is 29.8 Å². The van der Waals surface area contributed by atoms with Crippen LogP contribution in [0.3, 0.4) is 0 Å². The normalized spacial score (nSPS) is 15.0. The van der Waals surface area contributed by atoms with Gasteiger partial charge in [0.05, 0.1) is 18.4 Å². The van der Waals surface area contributed by atoms with Gasteiger partial charge in [-0.3, -0.25) is 9.69 Å². The number of sulfonamides is 1. The van der Waals surface area contributed by atoms with Crippen molar-refractivity contribution in [3.63, 3.8) is 0 Å². The summed E-state index contributed by atoms with van der Waals surface area (Å²) in [5.41, 5.74) is 2.72. The summed E-state index contributed by atoms with van der Waals surface area (Å²) < 4.78 is 48.1. The van der Waals surface area contributed by atoms with Crippen LogP contribution >= 0.6 is 11.3 Å². The molecule has 3 aromatic carbocycles. The molecule has 1 aliphatic heterocycles. The molecule has 7 nitrogen and oxygen atoms in total. The van der Waals surface area contributed by atoms with Gasteiger partial charge >= 0.3 is 0 Å². The molecule has 2 heterocycles. The first-order valence-corrected chi connectivity index (χ1v) is 14.6. The summed E-state index contributed by atoms with van der Waals surface area (Å²) >= 11 is 1.44. The first-order valence-electron chi connectivity index (χ1n) is 12.3. The van der Waals surface area contributed by atoms with Crippen molar-refractivity contribution in [2.45, 2.75) is 31.2 Å². The number of rotatable bonds is 7. The standard InChI is InChI=1S/C28H28FN3O4S2/c1-19-12-13-23(36-2)25-26(19)37-28(30-25)32(18-20-8-4-3-5-9-20)27(33)21-14-16-31(17-15-21)38(34,35)24-11-7-6-10-22(24)29/h3-13,21H,14-18H2,1-2H3. The Balaban J connectivity index is 1.42. The number of nitrogens with zero attached hydrogens (tertiary/aromatic N) is 3. The van der Waals surface area contributed by atoms with Gasteiger partial charge in [0.2, 0.25) is 15.9 Å². The quantitative estimate of drug-likeness (QED) is 0.307. The van der Waals surface area contributed by atoms with E-state index >= 15 is 0 Å². The summed E-state index contributed by atoms with van der Waals surface area (Å²) in [4.78, 5) is 20.1. The number of hydrogen-bond acceptors (Lipinski definition) is 6. The van der Waals surface area contributed by atoms with Crippen molar-refractivity contribution in [2.24, 2.45) is 5.92 Å². The highest BCUT2D eigenvalue weighted by Crippen LogP contribution is 2.38. The van der Waals surface area contributed by atoms with Gasteiger partial charge in [0.25, 0.3) is 0 Å². The molecular formula is C28H28FN3O4S2. The zero-order chi connectivity index (χ0) is 26.9. The van der Waals surface area contributed by atoms with Gasteiger partial charge in [0.15, 0.2) is 5.13 Å². The van der Waals surface area contributed by atoms with Gasteiger partial charge in [0, 0.05) is 19.0 Å². The molecule has 5 rings (SSSR count). The number of carbonyl (C=O) groups is 1. The summed E-state index contributed by atoms with van der Waals surface area (Å²) in [5.74, 6) is -0.624. The number of piperidine rings is 1. The van der Waals surface area contributed by atoms with Crippen LogP contribution in [0.1, 0.15) is 24.0 Å². The number of halogens is 1. The molecule has 0 atom stereocenters. The Morgan fingerprint density at radius 3 is 2.45 bits per heavy atom. The van der Waals surface area contributed by atoms with Crippen molar-refractivity contribution in [3.05, 3.63) is 83.7 Å².